The smallest absolute Gasteiger partial charge is 0.181 e. The normalized spacial score (nSPS) is 15.6. The van der Waals surface area contributed by atoms with E-state index in [4.69, 9.17) is 9.72 Å². The van der Waals surface area contributed by atoms with Crippen molar-refractivity contribution in [3.63, 3.8) is 0 Å². The number of carbonyl (C=O) groups is 1. The van der Waals surface area contributed by atoms with Crippen molar-refractivity contribution < 1.29 is 9.53 Å². The summed E-state index contributed by atoms with van der Waals surface area (Å²) < 4.78 is 7.12. The number of ketones is 1. The van der Waals surface area contributed by atoms with Crippen molar-refractivity contribution in [1.29, 1.82) is 0 Å². The third-order valence-electron chi connectivity index (χ3n) is 4.99. The number of thiophene rings is 1. The lowest BCUT2D eigenvalue weighted by atomic mass is 9.94. The quantitative estimate of drug-likeness (QED) is 0.507. The second-order valence-electron chi connectivity index (χ2n) is 6.89. The van der Waals surface area contributed by atoms with Crippen LogP contribution >= 0.6 is 11.3 Å². The van der Waals surface area contributed by atoms with Crippen LogP contribution in [0.25, 0.3) is 32.5 Å². The van der Waals surface area contributed by atoms with Crippen LogP contribution < -0.4 is 0 Å². The molecule has 5 rings (SSSR count). The minimum Gasteiger partial charge on any atom is -0.381 e. The van der Waals surface area contributed by atoms with E-state index in [0.717, 1.165) is 50.2 Å². The summed E-state index contributed by atoms with van der Waals surface area (Å²) in [7, 11) is 1.88. The average Bonchev–Trinajstić information content (AvgIpc) is 3.29. The number of aromatic nitrogens is 4. The van der Waals surface area contributed by atoms with Gasteiger partial charge in [0.05, 0.1) is 10.6 Å². The number of fused-ring (bicyclic) bond motifs is 2. The molecule has 1 aliphatic rings. The molecule has 136 valence electrons. The first kappa shape index (κ1) is 16.5. The second-order valence-corrected chi connectivity index (χ2v) is 7.92. The molecule has 0 aromatic carbocycles. The van der Waals surface area contributed by atoms with Gasteiger partial charge in [-0.25, -0.2) is 9.97 Å². The summed E-state index contributed by atoms with van der Waals surface area (Å²) in [4.78, 5) is 23.7. The number of Topliss-reactive ketones (excluding diaryl/α,β-unsaturated/α-hetero) is 1. The molecule has 1 saturated heterocycles. The highest BCUT2D eigenvalue weighted by Gasteiger charge is 2.24. The zero-order valence-electron chi connectivity index (χ0n) is 14.9. The van der Waals surface area contributed by atoms with Crippen molar-refractivity contribution in [1.82, 2.24) is 19.7 Å². The Labute approximate surface area is 159 Å². The van der Waals surface area contributed by atoms with Gasteiger partial charge in [0.25, 0.3) is 0 Å². The van der Waals surface area contributed by atoms with Gasteiger partial charge in [0.15, 0.2) is 11.4 Å². The van der Waals surface area contributed by atoms with Crippen molar-refractivity contribution in [3.8, 4) is 11.3 Å². The molecule has 6 nitrogen and oxygen atoms in total. The van der Waals surface area contributed by atoms with Gasteiger partial charge < -0.3 is 4.74 Å². The van der Waals surface area contributed by atoms with Crippen molar-refractivity contribution in [2.45, 2.75) is 12.8 Å². The Morgan fingerprint density at radius 3 is 2.93 bits per heavy atom. The third kappa shape index (κ3) is 3.02. The molecular formula is C20H18N4O2S. The molecule has 1 fully saturated rings. The van der Waals surface area contributed by atoms with Crippen LogP contribution in [0.15, 0.2) is 36.7 Å². The zero-order valence-corrected chi connectivity index (χ0v) is 15.7. The summed E-state index contributed by atoms with van der Waals surface area (Å²) in [6, 6.07) is 8.03. The maximum atomic E-state index is 12.8. The Bertz CT molecular complexity index is 1160. The van der Waals surface area contributed by atoms with Crippen LogP contribution in [0.1, 0.15) is 22.5 Å². The minimum absolute atomic E-state index is 0.0727. The summed E-state index contributed by atoms with van der Waals surface area (Å²) in [6.45, 7) is 1.35. The molecule has 27 heavy (non-hydrogen) atoms. The van der Waals surface area contributed by atoms with Gasteiger partial charge >= 0.3 is 0 Å². The highest BCUT2D eigenvalue weighted by molar-refractivity contribution is 7.20. The van der Waals surface area contributed by atoms with Gasteiger partial charge in [-0.15, -0.1) is 11.3 Å². The lowest BCUT2D eigenvalue weighted by molar-refractivity contribution is 0.0547. The van der Waals surface area contributed by atoms with Gasteiger partial charge in [-0.05, 0) is 37.1 Å². The zero-order chi connectivity index (χ0) is 18.4. The number of hydrogen-bond acceptors (Lipinski definition) is 6. The second kappa shape index (κ2) is 6.51. The highest BCUT2D eigenvalue weighted by Crippen LogP contribution is 2.31. The van der Waals surface area contributed by atoms with E-state index in [-0.39, 0.29) is 11.7 Å². The van der Waals surface area contributed by atoms with E-state index in [0.29, 0.717) is 13.2 Å². The number of aryl methyl sites for hydroxylation is 1. The molecule has 0 saturated carbocycles. The molecule has 0 amide bonds. The minimum atomic E-state index is 0.0727. The van der Waals surface area contributed by atoms with Gasteiger partial charge in [-0.1, -0.05) is 0 Å². The van der Waals surface area contributed by atoms with Crippen molar-refractivity contribution in [3.05, 3.63) is 41.5 Å². The largest absolute Gasteiger partial charge is 0.381 e. The lowest BCUT2D eigenvalue weighted by Crippen LogP contribution is -2.22. The number of hydrogen-bond donors (Lipinski definition) is 0. The lowest BCUT2D eigenvalue weighted by Gasteiger charge is -2.19. The number of pyridine rings is 2. The molecule has 0 N–H and O–H groups in total. The fraction of sp³-hybridized carbons (Fsp3) is 0.300. The van der Waals surface area contributed by atoms with E-state index in [9.17, 15) is 4.79 Å². The molecule has 0 radical (unpaired) electrons. The van der Waals surface area contributed by atoms with Crippen LogP contribution in [0.3, 0.4) is 0 Å². The van der Waals surface area contributed by atoms with Crippen LogP contribution in [0.4, 0.5) is 0 Å². The Morgan fingerprint density at radius 1 is 1.22 bits per heavy atom. The maximum Gasteiger partial charge on any atom is 0.181 e. The molecule has 7 heteroatoms. The first-order valence-corrected chi connectivity index (χ1v) is 9.81. The van der Waals surface area contributed by atoms with Crippen molar-refractivity contribution >= 4 is 38.4 Å². The van der Waals surface area contributed by atoms with E-state index in [2.05, 4.69) is 10.1 Å². The van der Waals surface area contributed by atoms with E-state index in [1.807, 2.05) is 37.5 Å². The maximum absolute atomic E-state index is 12.8. The van der Waals surface area contributed by atoms with Gasteiger partial charge in [0.2, 0.25) is 0 Å². The van der Waals surface area contributed by atoms with Crippen LogP contribution in [-0.4, -0.2) is 38.7 Å². The summed E-state index contributed by atoms with van der Waals surface area (Å²) in [6.07, 6.45) is 5.36. The van der Waals surface area contributed by atoms with Crippen LogP contribution in [-0.2, 0) is 11.8 Å². The van der Waals surface area contributed by atoms with E-state index >= 15 is 0 Å². The molecule has 0 spiro atoms. The first-order chi connectivity index (χ1) is 13.2. The Kier molecular flexibility index (Phi) is 3.98. The van der Waals surface area contributed by atoms with Gasteiger partial charge in [-0.2, -0.15) is 5.10 Å². The number of nitrogens with zero attached hydrogens (tertiary/aromatic N) is 4. The summed E-state index contributed by atoms with van der Waals surface area (Å²) in [5.74, 6) is 0.296. The van der Waals surface area contributed by atoms with Crippen LogP contribution in [0.2, 0.25) is 0 Å². The predicted octanol–water partition coefficient (Wildman–Crippen LogP) is 3.85. The van der Waals surface area contributed by atoms with E-state index < -0.39 is 0 Å². The summed E-state index contributed by atoms with van der Waals surface area (Å²) in [5.41, 5.74) is 2.53. The highest BCUT2D eigenvalue weighted by atomic mass is 32.1. The summed E-state index contributed by atoms with van der Waals surface area (Å²) >= 11 is 1.48. The third-order valence-corrected chi connectivity index (χ3v) is 6.05. The predicted molar refractivity (Wildman–Crippen MR) is 105 cm³/mol. The number of ether oxygens (including phenoxy) is 1. The molecule has 0 unspecified atom stereocenters. The fourth-order valence-corrected chi connectivity index (χ4v) is 4.58. The molecule has 0 atom stereocenters. The Hall–Kier alpha value is -2.64. The van der Waals surface area contributed by atoms with Crippen molar-refractivity contribution in [2.24, 2.45) is 13.0 Å². The fourth-order valence-electron chi connectivity index (χ4n) is 3.53. The van der Waals surface area contributed by atoms with Crippen LogP contribution in [0, 0.1) is 5.92 Å². The molecule has 1 aliphatic heterocycles. The van der Waals surface area contributed by atoms with Crippen LogP contribution in [0.5, 0.6) is 0 Å². The van der Waals surface area contributed by atoms with E-state index in [1.165, 1.54) is 11.3 Å². The monoisotopic (exact) mass is 378 g/mol. The van der Waals surface area contributed by atoms with Crippen molar-refractivity contribution in [2.75, 3.05) is 13.2 Å². The molecule has 0 aliphatic carbocycles. The molecule has 0 bridgehead atoms. The first-order valence-electron chi connectivity index (χ1n) is 9.00. The number of rotatable bonds is 3. The molecule has 4 aromatic heterocycles. The Balaban J connectivity index is 1.50. The molecule has 5 heterocycles. The Morgan fingerprint density at radius 2 is 2.07 bits per heavy atom. The molecular weight excluding hydrogens is 360 g/mol. The SMILES string of the molecule is Cn1cc2cc(-c3ccc4cc(C(=O)C5CCOCC5)sc4n3)cnc2n1. The van der Waals surface area contributed by atoms with Gasteiger partial charge in [0.1, 0.15) is 4.83 Å². The number of carbonyl (C=O) groups excluding carboxylic acids is 1. The topological polar surface area (TPSA) is 69.9 Å². The summed E-state index contributed by atoms with van der Waals surface area (Å²) in [5, 5.41) is 6.30. The standard InChI is InChI=1S/C20H18N4O2S/c1-24-11-15-8-14(10-21-19(15)23-24)16-3-2-13-9-17(27-20(13)22-16)18(25)12-4-6-26-7-5-12/h2-3,8-12H,4-7H2,1H3. The molecule has 4 aromatic rings. The van der Waals surface area contributed by atoms with E-state index in [1.54, 1.807) is 10.9 Å². The average molecular weight is 378 g/mol. The van der Waals surface area contributed by atoms with Gasteiger partial charge in [0, 0.05) is 54.9 Å². The van der Waals surface area contributed by atoms with Gasteiger partial charge in [-0.3, -0.25) is 9.48 Å².